The van der Waals surface area contributed by atoms with Crippen LogP contribution in [0.5, 0.6) is 0 Å². The van der Waals surface area contributed by atoms with Gasteiger partial charge in [-0.25, -0.2) is 13.4 Å². The molecule has 0 N–H and O–H groups in total. The average Bonchev–Trinajstić information content (AvgIpc) is 2.94. The van der Waals surface area contributed by atoms with Gasteiger partial charge in [-0.2, -0.15) is 5.10 Å². The molecule has 0 saturated carbocycles. The van der Waals surface area contributed by atoms with Crippen molar-refractivity contribution in [2.45, 2.75) is 43.3 Å². The predicted molar refractivity (Wildman–Crippen MR) is 73.0 cm³/mol. The van der Waals surface area contributed by atoms with Crippen LogP contribution in [-0.4, -0.2) is 23.2 Å². The van der Waals surface area contributed by atoms with Gasteiger partial charge in [-0.05, 0) is 32.8 Å². The minimum atomic E-state index is -3.37. The van der Waals surface area contributed by atoms with E-state index < -0.39 is 9.84 Å². The van der Waals surface area contributed by atoms with Crippen LogP contribution in [0.3, 0.4) is 0 Å². The van der Waals surface area contributed by atoms with Crippen molar-refractivity contribution in [3.8, 4) is 0 Å². The summed E-state index contributed by atoms with van der Waals surface area (Å²) in [7, 11) is -3.37. The first-order chi connectivity index (χ1) is 8.95. The Kier molecular flexibility index (Phi) is 2.98. The van der Waals surface area contributed by atoms with Crippen LogP contribution in [0.25, 0.3) is 0 Å². The lowest BCUT2D eigenvalue weighted by Gasteiger charge is -1.97. The molecule has 0 spiro atoms. The third-order valence-corrected chi connectivity index (χ3v) is 6.51. The summed E-state index contributed by atoms with van der Waals surface area (Å²) in [6, 6.07) is 1.90. The van der Waals surface area contributed by atoms with E-state index in [1.54, 1.807) is 0 Å². The molecule has 1 aliphatic rings. The molecule has 0 amide bonds. The Morgan fingerprint density at radius 3 is 2.84 bits per heavy atom. The van der Waals surface area contributed by atoms with Crippen molar-refractivity contribution in [1.29, 1.82) is 0 Å². The van der Waals surface area contributed by atoms with Crippen molar-refractivity contribution in [2.24, 2.45) is 0 Å². The number of aryl methyl sites for hydroxylation is 4. The van der Waals surface area contributed by atoms with Crippen LogP contribution in [0.15, 0.2) is 10.4 Å². The third-order valence-electron chi connectivity index (χ3n) is 3.33. The zero-order valence-corrected chi connectivity index (χ0v) is 12.5. The van der Waals surface area contributed by atoms with Gasteiger partial charge in [0.2, 0.25) is 14.2 Å². The highest BCUT2D eigenvalue weighted by atomic mass is 32.2. The van der Waals surface area contributed by atoms with Crippen molar-refractivity contribution in [2.75, 3.05) is 0 Å². The molecule has 5 nitrogen and oxygen atoms in total. The topological polar surface area (TPSA) is 64.8 Å². The van der Waals surface area contributed by atoms with Crippen molar-refractivity contribution in [1.82, 2.24) is 14.8 Å². The molecule has 3 rings (SSSR count). The highest BCUT2D eigenvalue weighted by Crippen LogP contribution is 2.25. The molecule has 2 aromatic rings. The van der Waals surface area contributed by atoms with E-state index in [-0.39, 0.29) is 10.1 Å². The van der Waals surface area contributed by atoms with E-state index in [9.17, 15) is 8.42 Å². The molecule has 0 aromatic carbocycles. The molecule has 0 unspecified atom stereocenters. The van der Waals surface area contributed by atoms with E-state index in [0.29, 0.717) is 5.69 Å². The zero-order valence-electron chi connectivity index (χ0n) is 10.9. The SMILES string of the molecule is Cc1nc(S(=O)(=O)Cc2cc3n(n2)CCC3)sc1C. The van der Waals surface area contributed by atoms with E-state index in [4.69, 9.17) is 0 Å². The quantitative estimate of drug-likeness (QED) is 0.867. The Morgan fingerprint density at radius 2 is 2.21 bits per heavy atom. The summed E-state index contributed by atoms with van der Waals surface area (Å²) in [5.74, 6) is -0.0562. The second kappa shape index (κ2) is 4.42. The maximum atomic E-state index is 12.3. The molecule has 0 fully saturated rings. The zero-order chi connectivity index (χ0) is 13.6. The van der Waals surface area contributed by atoms with Gasteiger partial charge in [-0.1, -0.05) is 0 Å². The van der Waals surface area contributed by atoms with Crippen LogP contribution in [-0.2, 0) is 28.6 Å². The van der Waals surface area contributed by atoms with Crippen LogP contribution in [0, 0.1) is 13.8 Å². The lowest BCUT2D eigenvalue weighted by Crippen LogP contribution is -2.06. The summed E-state index contributed by atoms with van der Waals surface area (Å²) in [6.45, 7) is 4.61. The van der Waals surface area contributed by atoms with Crippen LogP contribution in [0.2, 0.25) is 0 Å². The van der Waals surface area contributed by atoms with E-state index in [1.165, 1.54) is 11.3 Å². The average molecular weight is 297 g/mol. The second-order valence-corrected chi connectivity index (χ2v) is 8.20. The molecule has 7 heteroatoms. The number of nitrogens with zero attached hydrogens (tertiary/aromatic N) is 3. The number of hydrogen-bond donors (Lipinski definition) is 0. The fourth-order valence-corrected chi connectivity index (χ4v) is 4.85. The number of hydrogen-bond acceptors (Lipinski definition) is 5. The molecule has 0 bridgehead atoms. The Bertz CT molecular complexity index is 687. The lowest BCUT2D eigenvalue weighted by atomic mass is 10.3. The third kappa shape index (κ3) is 2.32. The minimum absolute atomic E-state index is 0.0562. The standard InChI is InChI=1S/C12H15N3O2S2/c1-8-9(2)18-12(13-8)19(16,17)7-10-6-11-4-3-5-15(11)14-10/h6H,3-5,7H2,1-2H3. The maximum absolute atomic E-state index is 12.3. The number of aromatic nitrogens is 3. The van der Waals surface area contributed by atoms with Gasteiger partial charge < -0.3 is 0 Å². The number of thiazole rings is 1. The van der Waals surface area contributed by atoms with Crippen molar-refractivity contribution >= 4 is 21.2 Å². The first-order valence-electron chi connectivity index (χ1n) is 6.18. The van der Waals surface area contributed by atoms with E-state index in [2.05, 4.69) is 10.1 Å². The van der Waals surface area contributed by atoms with Crippen LogP contribution < -0.4 is 0 Å². The normalized spacial score (nSPS) is 14.8. The van der Waals surface area contributed by atoms with Gasteiger partial charge >= 0.3 is 0 Å². The highest BCUT2D eigenvalue weighted by molar-refractivity contribution is 7.92. The fraction of sp³-hybridized carbons (Fsp3) is 0.500. The van der Waals surface area contributed by atoms with Gasteiger partial charge in [0.15, 0.2) is 0 Å². The minimum Gasteiger partial charge on any atom is -0.269 e. The monoisotopic (exact) mass is 297 g/mol. The summed E-state index contributed by atoms with van der Waals surface area (Å²) in [5.41, 5.74) is 2.55. The molecular formula is C12H15N3O2S2. The van der Waals surface area contributed by atoms with Crippen molar-refractivity contribution in [3.05, 3.63) is 28.0 Å². The summed E-state index contributed by atoms with van der Waals surface area (Å²) >= 11 is 1.24. The highest BCUT2D eigenvalue weighted by Gasteiger charge is 2.23. The molecule has 0 atom stereocenters. The number of rotatable bonds is 3. The summed E-state index contributed by atoms with van der Waals surface area (Å²) in [6.07, 6.45) is 2.09. The van der Waals surface area contributed by atoms with Gasteiger partial charge in [-0.3, -0.25) is 4.68 Å². The molecule has 0 saturated heterocycles. The Hall–Kier alpha value is -1.21. The van der Waals surface area contributed by atoms with Gasteiger partial charge in [0.1, 0.15) is 5.75 Å². The summed E-state index contributed by atoms with van der Waals surface area (Å²) in [4.78, 5) is 5.09. The lowest BCUT2D eigenvalue weighted by molar-refractivity contribution is 0.591. The molecule has 1 aliphatic heterocycles. The van der Waals surface area contributed by atoms with Crippen molar-refractivity contribution < 1.29 is 8.42 Å². The molecule has 0 radical (unpaired) electrons. The number of sulfone groups is 1. The second-order valence-electron chi connectivity index (χ2n) is 4.83. The van der Waals surface area contributed by atoms with E-state index in [0.717, 1.165) is 35.7 Å². The molecule has 19 heavy (non-hydrogen) atoms. The Balaban J connectivity index is 1.88. The van der Waals surface area contributed by atoms with E-state index >= 15 is 0 Å². The summed E-state index contributed by atoms with van der Waals surface area (Å²) < 4.78 is 26.7. The van der Waals surface area contributed by atoms with Gasteiger partial charge in [0.25, 0.3) is 0 Å². The molecule has 102 valence electrons. The van der Waals surface area contributed by atoms with Crippen LogP contribution >= 0.6 is 11.3 Å². The predicted octanol–water partition coefficient (Wildman–Crippen LogP) is 1.88. The molecule has 3 heterocycles. The maximum Gasteiger partial charge on any atom is 0.211 e. The first-order valence-corrected chi connectivity index (χ1v) is 8.65. The number of fused-ring (bicyclic) bond motifs is 1. The largest absolute Gasteiger partial charge is 0.269 e. The van der Waals surface area contributed by atoms with Crippen molar-refractivity contribution in [3.63, 3.8) is 0 Å². The fourth-order valence-electron chi connectivity index (χ4n) is 2.22. The van der Waals surface area contributed by atoms with Gasteiger partial charge in [0.05, 0.1) is 11.4 Å². The van der Waals surface area contributed by atoms with Gasteiger partial charge in [-0.15, -0.1) is 11.3 Å². The van der Waals surface area contributed by atoms with Crippen LogP contribution in [0.1, 0.15) is 28.4 Å². The summed E-state index contributed by atoms with van der Waals surface area (Å²) in [5, 5.41) is 4.35. The molecule has 0 aliphatic carbocycles. The Labute approximate surface area is 116 Å². The van der Waals surface area contributed by atoms with Gasteiger partial charge in [0, 0.05) is 17.1 Å². The van der Waals surface area contributed by atoms with Crippen LogP contribution in [0.4, 0.5) is 0 Å². The Morgan fingerprint density at radius 1 is 1.42 bits per heavy atom. The molecule has 2 aromatic heterocycles. The molecular weight excluding hydrogens is 282 g/mol. The van der Waals surface area contributed by atoms with E-state index in [1.807, 2.05) is 24.6 Å². The smallest absolute Gasteiger partial charge is 0.211 e. The first kappa shape index (κ1) is 12.8.